The van der Waals surface area contributed by atoms with Crippen molar-refractivity contribution in [3.05, 3.63) is 11.7 Å². The van der Waals surface area contributed by atoms with E-state index in [1.807, 2.05) is 13.8 Å². The van der Waals surface area contributed by atoms with E-state index in [1.54, 1.807) is 0 Å². The van der Waals surface area contributed by atoms with Crippen LogP contribution >= 0.6 is 0 Å². The zero-order valence-electron chi connectivity index (χ0n) is 8.49. The summed E-state index contributed by atoms with van der Waals surface area (Å²) in [6.45, 7) is 5.10. The highest BCUT2D eigenvalue weighted by molar-refractivity contribution is 5.11. The van der Waals surface area contributed by atoms with Gasteiger partial charge in [0.1, 0.15) is 0 Å². The highest BCUT2D eigenvalue weighted by atomic mass is 16.5. The van der Waals surface area contributed by atoms with Gasteiger partial charge in [-0.25, -0.2) is 0 Å². The van der Waals surface area contributed by atoms with E-state index in [4.69, 9.17) is 15.0 Å². The third-order valence-corrected chi connectivity index (χ3v) is 2.79. The van der Waals surface area contributed by atoms with Gasteiger partial charge in [0, 0.05) is 12.5 Å². The first-order chi connectivity index (χ1) is 6.66. The molecule has 2 atom stereocenters. The van der Waals surface area contributed by atoms with Crippen LogP contribution in [0.2, 0.25) is 0 Å². The van der Waals surface area contributed by atoms with E-state index in [2.05, 4.69) is 10.1 Å². The lowest BCUT2D eigenvalue weighted by atomic mass is 9.86. The second-order valence-electron chi connectivity index (χ2n) is 3.91. The van der Waals surface area contributed by atoms with Crippen molar-refractivity contribution < 1.29 is 9.26 Å². The van der Waals surface area contributed by atoms with Gasteiger partial charge in [0.25, 0.3) is 0 Å². The minimum atomic E-state index is -0.319. The van der Waals surface area contributed by atoms with Crippen molar-refractivity contribution in [2.75, 3.05) is 13.2 Å². The molecule has 0 spiro atoms. The summed E-state index contributed by atoms with van der Waals surface area (Å²) < 4.78 is 10.5. The second kappa shape index (κ2) is 3.33. The number of aryl methyl sites for hydroxylation is 1. The van der Waals surface area contributed by atoms with Gasteiger partial charge in [-0.05, 0) is 6.92 Å². The SMILES string of the molecule is CCc1noc(C2(C)COCC2N)n1. The average molecular weight is 197 g/mol. The fraction of sp³-hybridized carbons (Fsp3) is 0.778. The Morgan fingerprint density at radius 3 is 2.93 bits per heavy atom. The van der Waals surface area contributed by atoms with Crippen LogP contribution in [0.25, 0.3) is 0 Å². The van der Waals surface area contributed by atoms with E-state index >= 15 is 0 Å². The van der Waals surface area contributed by atoms with Gasteiger partial charge in [-0.1, -0.05) is 12.1 Å². The lowest BCUT2D eigenvalue weighted by Gasteiger charge is -2.21. The van der Waals surface area contributed by atoms with Gasteiger partial charge >= 0.3 is 0 Å². The first kappa shape index (κ1) is 9.61. The summed E-state index contributed by atoms with van der Waals surface area (Å²) in [6.07, 6.45) is 0.773. The Morgan fingerprint density at radius 2 is 2.43 bits per heavy atom. The summed E-state index contributed by atoms with van der Waals surface area (Å²) in [6, 6.07) is -0.0624. The van der Waals surface area contributed by atoms with Crippen molar-refractivity contribution >= 4 is 0 Å². The first-order valence-corrected chi connectivity index (χ1v) is 4.83. The summed E-state index contributed by atoms with van der Waals surface area (Å²) in [4.78, 5) is 4.30. The molecule has 5 nitrogen and oxygen atoms in total. The Labute approximate surface area is 82.6 Å². The molecule has 1 fully saturated rings. The third kappa shape index (κ3) is 1.33. The van der Waals surface area contributed by atoms with Crippen LogP contribution in [0.5, 0.6) is 0 Å². The largest absolute Gasteiger partial charge is 0.379 e. The maximum absolute atomic E-state index is 5.94. The molecular weight excluding hydrogens is 182 g/mol. The monoisotopic (exact) mass is 197 g/mol. The van der Waals surface area contributed by atoms with E-state index in [1.165, 1.54) is 0 Å². The number of aromatic nitrogens is 2. The van der Waals surface area contributed by atoms with Crippen LogP contribution in [0.15, 0.2) is 4.52 Å². The number of nitrogens with two attached hydrogens (primary N) is 1. The number of rotatable bonds is 2. The Hall–Kier alpha value is -0.940. The fourth-order valence-electron chi connectivity index (χ4n) is 1.54. The molecule has 1 aliphatic heterocycles. The van der Waals surface area contributed by atoms with E-state index in [-0.39, 0.29) is 11.5 Å². The van der Waals surface area contributed by atoms with E-state index in [9.17, 15) is 0 Å². The van der Waals surface area contributed by atoms with Gasteiger partial charge in [0.2, 0.25) is 5.89 Å². The Bertz CT molecular complexity index is 326. The molecule has 0 aliphatic carbocycles. The third-order valence-electron chi connectivity index (χ3n) is 2.79. The Kier molecular flexibility index (Phi) is 2.28. The molecular formula is C9H15N3O2. The summed E-state index contributed by atoms with van der Waals surface area (Å²) in [5.74, 6) is 1.32. The molecule has 2 rings (SSSR count). The van der Waals surface area contributed by atoms with Crippen LogP contribution < -0.4 is 5.73 Å². The molecule has 1 saturated heterocycles. The fourth-order valence-corrected chi connectivity index (χ4v) is 1.54. The lowest BCUT2D eigenvalue weighted by Crippen LogP contribution is -2.42. The molecule has 0 radical (unpaired) electrons. The number of ether oxygens (including phenoxy) is 1. The molecule has 1 aliphatic rings. The van der Waals surface area contributed by atoms with Gasteiger partial charge in [-0.15, -0.1) is 0 Å². The van der Waals surface area contributed by atoms with Crippen molar-refractivity contribution in [3.8, 4) is 0 Å². The van der Waals surface area contributed by atoms with Gasteiger partial charge in [0.05, 0.1) is 18.6 Å². The highest BCUT2D eigenvalue weighted by Crippen LogP contribution is 2.30. The van der Waals surface area contributed by atoms with Crippen molar-refractivity contribution in [1.82, 2.24) is 10.1 Å². The Morgan fingerprint density at radius 1 is 1.64 bits per heavy atom. The molecule has 2 heterocycles. The molecule has 5 heteroatoms. The first-order valence-electron chi connectivity index (χ1n) is 4.83. The molecule has 1 aromatic rings. The quantitative estimate of drug-likeness (QED) is 0.735. The molecule has 0 aromatic carbocycles. The minimum absolute atomic E-state index is 0.0624. The van der Waals surface area contributed by atoms with Crippen LogP contribution in [0, 0.1) is 0 Å². The summed E-state index contributed by atoms with van der Waals surface area (Å²) in [7, 11) is 0. The van der Waals surface area contributed by atoms with E-state index in [0.29, 0.717) is 19.1 Å². The van der Waals surface area contributed by atoms with Gasteiger partial charge in [-0.2, -0.15) is 4.98 Å². The summed E-state index contributed by atoms with van der Waals surface area (Å²) >= 11 is 0. The summed E-state index contributed by atoms with van der Waals surface area (Å²) in [5.41, 5.74) is 5.62. The second-order valence-corrected chi connectivity index (χ2v) is 3.91. The molecule has 2 unspecified atom stereocenters. The predicted octanol–water partition coefficient (Wildman–Crippen LogP) is 0.247. The van der Waals surface area contributed by atoms with E-state index < -0.39 is 0 Å². The smallest absolute Gasteiger partial charge is 0.236 e. The molecule has 1 aromatic heterocycles. The maximum Gasteiger partial charge on any atom is 0.236 e. The van der Waals surface area contributed by atoms with E-state index in [0.717, 1.165) is 12.2 Å². The van der Waals surface area contributed by atoms with Gasteiger partial charge in [0.15, 0.2) is 5.82 Å². The van der Waals surface area contributed by atoms with Crippen molar-refractivity contribution in [2.24, 2.45) is 5.73 Å². The van der Waals surface area contributed by atoms with Crippen molar-refractivity contribution in [1.29, 1.82) is 0 Å². The average Bonchev–Trinajstić information content (AvgIpc) is 2.75. The summed E-state index contributed by atoms with van der Waals surface area (Å²) in [5, 5.41) is 3.86. The van der Waals surface area contributed by atoms with Crippen LogP contribution in [0.3, 0.4) is 0 Å². The molecule has 0 bridgehead atoms. The zero-order chi connectivity index (χ0) is 10.2. The lowest BCUT2D eigenvalue weighted by molar-refractivity contribution is 0.169. The molecule has 14 heavy (non-hydrogen) atoms. The predicted molar refractivity (Wildman–Crippen MR) is 49.8 cm³/mol. The standard InChI is InChI=1S/C9H15N3O2/c1-3-7-11-8(14-12-7)9(2)5-13-4-6(9)10/h6H,3-5,10H2,1-2H3. The molecule has 0 saturated carbocycles. The molecule has 0 amide bonds. The minimum Gasteiger partial charge on any atom is -0.379 e. The van der Waals surface area contributed by atoms with Crippen LogP contribution in [0.4, 0.5) is 0 Å². The zero-order valence-corrected chi connectivity index (χ0v) is 8.49. The number of hydrogen-bond acceptors (Lipinski definition) is 5. The molecule has 2 N–H and O–H groups in total. The van der Waals surface area contributed by atoms with Gasteiger partial charge in [-0.3, -0.25) is 0 Å². The highest BCUT2D eigenvalue weighted by Gasteiger charge is 2.43. The van der Waals surface area contributed by atoms with Crippen molar-refractivity contribution in [2.45, 2.75) is 31.7 Å². The Balaban J connectivity index is 2.28. The normalized spacial score (nSPS) is 32.4. The number of hydrogen-bond donors (Lipinski definition) is 1. The molecule has 78 valence electrons. The maximum atomic E-state index is 5.94. The van der Waals surface area contributed by atoms with Crippen molar-refractivity contribution in [3.63, 3.8) is 0 Å². The van der Waals surface area contributed by atoms with Crippen LogP contribution in [-0.2, 0) is 16.6 Å². The van der Waals surface area contributed by atoms with Gasteiger partial charge < -0.3 is 15.0 Å². The topological polar surface area (TPSA) is 74.2 Å². The van der Waals surface area contributed by atoms with Crippen LogP contribution in [0.1, 0.15) is 25.6 Å². The van der Waals surface area contributed by atoms with Crippen LogP contribution in [-0.4, -0.2) is 29.4 Å². The number of nitrogens with zero attached hydrogens (tertiary/aromatic N) is 2.